The summed E-state index contributed by atoms with van der Waals surface area (Å²) in [5, 5.41) is 30.8. The van der Waals surface area contributed by atoms with E-state index >= 15 is 0 Å². The maximum atomic E-state index is 10.5. The fraction of sp³-hybridized carbons (Fsp3) is 0.419. The van der Waals surface area contributed by atoms with Crippen LogP contribution in [0.25, 0.3) is 0 Å². The van der Waals surface area contributed by atoms with Crippen LogP contribution in [0.1, 0.15) is 66.7 Å². The highest BCUT2D eigenvalue weighted by molar-refractivity contribution is 6.31. The number of hydrogen-bond acceptors (Lipinski definition) is 6. The number of hydrogen-bond donors (Lipinski definition) is 3. The quantitative estimate of drug-likeness (QED) is 0.363. The van der Waals surface area contributed by atoms with E-state index in [1.54, 1.807) is 12.1 Å². The molecular weight excluding hydrogens is 504 g/mol. The van der Waals surface area contributed by atoms with E-state index in [0.29, 0.717) is 23.6 Å². The minimum absolute atomic E-state index is 0.0234. The summed E-state index contributed by atoms with van der Waals surface area (Å²) in [7, 11) is 0. The average Bonchev–Trinajstić information content (AvgIpc) is 3.18. The lowest BCUT2D eigenvalue weighted by atomic mass is 9.91. The van der Waals surface area contributed by atoms with Gasteiger partial charge in [0.1, 0.15) is 18.0 Å². The molecule has 3 aromatic carbocycles. The zero-order chi connectivity index (χ0) is 26.9. The third-order valence-electron chi connectivity index (χ3n) is 7.51. The highest BCUT2D eigenvalue weighted by atomic mass is 35.5. The van der Waals surface area contributed by atoms with Crippen molar-refractivity contribution in [3.05, 3.63) is 99.6 Å². The van der Waals surface area contributed by atoms with Crippen LogP contribution in [0.3, 0.4) is 0 Å². The van der Waals surface area contributed by atoms with Gasteiger partial charge in [0, 0.05) is 17.9 Å². The molecule has 1 fully saturated rings. The molecule has 0 aliphatic carbocycles. The van der Waals surface area contributed by atoms with Gasteiger partial charge in [-0.25, -0.2) is 0 Å². The lowest BCUT2D eigenvalue weighted by Crippen LogP contribution is -2.44. The molecule has 3 aromatic rings. The van der Waals surface area contributed by atoms with E-state index in [2.05, 4.69) is 38.1 Å². The van der Waals surface area contributed by atoms with E-state index < -0.39 is 24.4 Å². The van der Waals surface area contributed by atoms with Crippen molar-refractivity contribution in [3.63, 3.8) is 0 Å². The molecule has 0 bridgehead atoms. The molecule has 5 atom stereocenters. The number of ether oxygens (including phenoxy) is 3. The van der Waals surface area contributed by atoms with Crippen LogP contribution in [0, 0.1) is 0 Å². The minimum Gasteiger partial charge on any atom is -0.493 e. The molecule has 3 N–H and O–H groups in total. The highest BCUT2D eigenvalue weighted by Gasteiger charge is 2.38. The Bertz CT molecular complexity index is 1240. The van der Waals surface area contributed by atoms with Crippen molar-refractivity contribution in [2.45, 2.75) is 69.2 Å². The lowest BCUT2D eigenvalue weighted by molar-refractivity contribution is -0.179. The van der Waals surface area contributed by atoms with E-state index in [0.717, 1.165) is 23.3 Å². The zero-order valence-corrected chi connectivity index (χ0v) is 22.5. The van der Waals surface area contributed by atoms with Gasteiger partial charge in [0.25, 0.3) is 0 Å². The maximum absolute atomic E-state index is 10.5. The first-order valence-corrected chi connectivity index (χ1v) is 13.5. The third kappa shape index (κ3) is 5.76. The highest BCUT2D eigenvalue weighted by Crippen LogP contribution is 2.44. The van der Waals surface area contributed by atoms with Crippen LogP contribution in [-0.2, 0) is 21.5 Å². The van der Waals surface area contributed by atoms with Crippen molar-refractivity contribution in [2.24, 2.45) is 0 Å². The average molecular weight is 539 g/mol. The van der Waals surface area contributed by atoms with Gasteiger partial charge < -0.3 is 29.5 Å². The summed E-state index contributed by atoms with van der Waals surface area (Å²) in [5.74, 6) is 0.793. The van der Waals surface area contributed by atoms with Crippen molar-refractivity contribution in [3.8, 4) is 5.75 Å². The number of aliphatic hydroxyl groups excluding tert-OH is 3. The van der Waals surface area contributed by atoms with E-state index in [1.807, 2.05) is 30.3 Å². The number of benzene rings is 3. The Hall–Kier alpha value is -2.45. The summed E-state index contributed by atoms with van der Waals surface area (Å²) >= 11 is 6.49. The molecule has 2 heterocycles. The summed E-state index contributed by atoms with van der Waals surface area (Å²) in [6, 6.07) is 21.8. The first-order chi connectivity index (χ1) is 18.2. The first-order valence-electron chi connectivity index (χ1n) is 13.1. The second-order valence-electron chi connectivity index (χ2n) is 10.7. The Morgan fingerprint density at radius 3 is 2.55 bits per heavy atom. The van der Waals surface area contributed by atoms with Gasteiger partial charge in [-0.2, -0.15) is 0 Å². The SMILES string of the molecule is CC1(C)OC(CCOc2ccc(Cc3cc([C@@H]4O[C@H](CO)C[C@H](O)[C@H]4O)ccc3Cl)cc2)c2ccccc21. The molecule has 0 radical (unpaired) electrons. The van der Waals surface area contributed by atoms with Crippen molar-refractivity contribution in [1.82, 2.24) is 0 Å². The molecule has 0 saturated carbocycles. The molecule has 1 unspecified atom stereocenters. The van der Waals surface area contributed by atoms with Gasteiger partial charge in [0.05, 0.1) is 37.1 Å². The Balaban J connectivity index is 1.20. The van der Waals surface area contributed by atoms with E-state index in [-0.39, 0.29) is 24.7 Å². The van der Waals surface area contributed by atoms with Crippen LogP contribution in [0.15, 0.2) is 66.7 Å². The lowest BCUT2D eigenvalue weighted by Gasteiger charge is -2.37. The molecule has 6 nitrogen and oxygen atoms in total. The molecule has 38 heavy (non-hydrogen) atoms. The molecule has 7 heteroatoms. The largest absolute Gasteiger partial charge is 0.493 e. The second-order valence-corrected chi connectivity index (χ2v) is 11.1. The molecule has 5 rings (SSSR count). The number of rotatable bonds is 8. The minimum atomic E-state index is -1.07. The molecular formula is C31H35ClO6. The number of aliphatic hydroxyl groups is 3. The summed E-state index contributed by atoms with van der Waals surface area (Å²) in [4.78, 5) is 0. The van der Waals surface area contributed by atoms with Crippen LogP contribution in [0.5, 0.6) is 5.75 Å². The molecule has 0 spiro atoms. The van der Waals surface area contributed by atoms with Gasteiger partial charge in [-0.15, -0.1) is 0 Å². The standard InChI is InChI=1S/C31H35ClO6/c1-31(2)25-6-4-3-5-24(25)28(38-31)13-14-36-22-10-7-19(8-11-22)15-21-16-20(9-12-26(21)32)30-29(35)27(34)17-23(18-33)37-30/h3-12,16,23,27-30,33-35H,13-15,17-18H2,1-2H3/t23-,27-,28?,29+,30-/m0/s1. The fourth-order valence-corrected chi connectivity index (χ4v) is 5.67. The van der Waals surface area contributed by atoms with Crippen molar-refractivity contribution in [2.75, 3.05) is 13.2 Å². The Labute approximate surface area is 228 Å². The molecule has 0 amide bonds. The van der Waals surface area contributed by atoms with Gasteiger partial charge in [0.15, 0.2) is 0 Å². The summed E-state index contributed by atoms with van der Waals surface area (Å²) in [5.41, 5.74) is 4.85. The van der Waals surface area contributed by atoms with Gasteiger partial charge in [0.2, 0.25) is 0 Å². The smallest absolute Gasteiger partial charge is 0.119 e. The predicted molar refractivity (Wildman–Crippen MR) is 145 cm³/mol. The first kappa shape index (κ1) is 27.1. The molecule has 2 aliphatic rings. The van der Waals surface area contributed by atoms with Crippen molar-refractivity contribution >= 4 is 11.6 Å². The summed E-state index contributed by atoms with van der Waals surface area (Å²) < 4.78 is 18.2. The van der Waals surface area contributed by atoms with E-state index in [4.69, 9.17) is 25.8 Å². The van der Waals surface area contributed by atoms with Crippen LogP contribution in [0.4, 0.5) is 0 Å². The maximum Gasteiger partial charge on any atom is 0.119 e. The monoisotopic (exact) mass is 538 g/mol. The van der Waals surface area contributed by atoms with Crippen molar-refractivity contribution in [1.29, 1.82) is 0 Å². The number of fused-ring (bicyclic) bond motifs is 1. The predicted octanol–water partition coefficient (Wildman–Crippen LogP) is 5.25. The number of halogens is 1. The van der Waals surface area contributed by atoms with Crippen molar-refractivity contribution < 1.29 is 29.5 Å². The Kier molecular flexibility index (Phi) is 8.10. The Morgan fingerprint density at radius 2 is 1.79 bits per heavy atom. The topological polar surface area (TPSA) is 88.4 Å². The summed E-state index contributed by atoms with van der Waals surface area (Å²) in [6.45, 7) is 4.54. The van der Waals surface area contributed by atoms with Gasteiger partial charge in [-0.3, -0.25) is 0 Å². The Morgan fingerprint density at radius 1 is 1.03 bits per heavy atom. The zero-order valence-electron chi connectivity index (χ0n) is 21.7. The van der Waals surface area contributed by atoms with Crippen LogP contribution in [-0.4, -0.2) is 46.8 Å². The third-order valence-corrected chi connectivity index (χ3v) is 7.88. The van der Waals surface area contributed by atoms with Crippen LogP contribution < -0.4 is 4.74 Å². The van der Waals surface area contributed by atoms with Crippen LogP contribution >= 0.6 is 11.6 Å². The fourth-order valence-electron chi connectivity index (χ4n) is 5.48. The van der Waals surface area contributed by atoms with E-state index in [1.165, 1.54) is 11.1 Å². The summed E-state index contributed by atoms with van der Waals surface area (Å²) in [6.07, 6.45) is -1.71. The molecule has 2 aliphatic heterocycles. The van der Waals surface area contributed by atoms with Gasteiger partial charge in [-0.1, -0.05) is 60.1 Å². The van der Waals surface area contributed by atoms with Gasteiger partial charge in [-0.05, 0) is 66.3 Å². The molecule has 1 saturated heterocycles. The normalized spacial score (nSPS) is 26.2. The second kappa shape index (κ2) is 11.3. The van der Waals surface area contributed by atoms with E-state index in [9.17, 15) is 15.3 Å². The molecule has 202 valence electrons. The molecule has 0 aromatic heterocycles. The van der Waals surface area contributed by atoms with Crippen LogP contribution in [0.2, 0.25) is 5.02 Å². The van der Waals surface area contributed by atoms with Gasteiger partial charge >= 0.3 is 0 Å².